The Balaban J connectivity index is 3.41. The lowest BCUT2D eigenvalue weighted by Crippen LogP contribution is -2.14. The number of aliphatic hydroxyl groups is 1. The zero-order valence-electron chi connectivity index (χ0n) is 6.10. The highest BCUT2D eigenvalue weighted by Crippen LogP contribution is 2.16. The molecule has 0 fully saturated rings. The summed E-state index contributed by atoms with van der Waals surface area (Å²) < 4.78 is 0. The van der Waals surface area contributed by atoms with E-state index in [1.165, 1.54) is 0 Å². The third kappa shape index (κ3) is 3.95. The van der Waals surface area contributed by atoms with Crippen molar-refractivity contribution in [2.45, 2.75) is 25.1 Å². The summed E-state index contributed by atoms with van der Waals surface area (Å²) in [5, 5.41) is 8.58. The van der Waals surface area contributed by atoms with Gasteiger partial charge in [0.05, 0.1) is 0 Å². The number of alkyl halides is 1. The molecular weight excluding hydrogens is 152 g/mol. The SMILES string of the molecule is C[SiH](C)C(CCl)CCO. The molecule has 1 N–H and O–H groups in total. The molecule has 0 rings (SSSR count). The van der Waals surface area contributed by atoms with Gasteiger partial charge in [0.25, 0.3) is 0 Å². The van der Waals surface area contributed by atoms with E-state index in [0.29, 0.717) is 12.1 Å². The molecule has 1 atom stereocenters. The van der Waals surface area contributed by atoms with Crippen LogP contribution >= 0.6 is 11.6 Å². The molecule has 0 aromatic carbocycles. The van der Waals surface area contributed by atoms with Gasteiger partial charge in [0.1, 0.15) is 0 Å². The van der Waals surface area contributed by atoms with E-state index in [-0.39, 0.29) is 0 Å². The Labute approximate surface area is 63.6 Å². The topological polar surface area (TPSA) is 20.2 Å². The van der Waals surface area contributed by atoms with Crippen LogP contribution in [0, 0.1) is 0 Å². The lowest BCUT2D eigenvalue weighted by molar-refractivity contribution is 0.287. The number of halogens is 1. The van der Waals surface area contributed by atoms with E-state index in [1.54, 1.807) is 0 Å². The molecule has 0 heterocycles. The van der Waals surface area contributed by atoms with Gasteiger partial charge < -0.3 is 5.11 Å². The van der Waals surface area contributed by atoms with Gasteiger partial charge in [-0.3, -0.25) is 0 Å². The fourth-order valence-corrected chi connectivity index (χ4v) is 3.15. The van der Waals surface area contributed by atoms with Crippen LogP contribution in [0.25, 0.3) is 0 Å². The van der Waals surface area contributed by atoms with Gasteiger partial charge in [0.15, 0.2) is 0 Å². The van der Waals surface area contributed by atoms with Gasteiger partial charge in [-0.25, -0.2) is 0 Å². The summed E-state index contributed by atoms with van der Waals surface area (Å²) in [5.41, 5.74) is 0.622. The Kier molecular flexibility index (Phi) is 5.54. The van der Waals surface area contributed by atoms with Crippen molar-refractivity contribution in [1.29, 1.82) is 0 Å². The summed E-state index contributed by atoms with van der Waals surface area (Å²) in [4.78, 5) is 0. The summed E-state index contributed by atoms with van der Waals surface area (Å²) in [6, 6.07) is 0. The lowest BCUT2D eigenvalue weighted by Gasteiger charge is -2.14. The third-order valence-corrected chi connectivity index (χ3v) is 4.79. The van der Waals surface area contributed by atoms with Crippen LogP contribution in [-0.4, -0.2) is 26.4 Å². The summed E-state index contributed by atoms with van der Waals surface area (Å²) in [5.74, 6) is 0.727. The second-order valence-electron chi connectivity index (χ2n) is 2.67. The molecule has 0 aliphatic carbocycles. The van der Waals surface area contributed by atoms with Gasteiger partial charge in [-0.2, -0.15) is 0 Å². The largest absolute Gasteiger partial charge is 0.396 e. The average Bonchev–Trinajstić information content (AvgIpc) is 1.82. The Bertz CT molecular complexity index is 68.1. The highest BCUT2D eigenvalue weighted by molar-refractivity contribution is 6.58. The van der Waals surface area contributed by atoms with Crippen molar-refractivity contribution < 1.29 is 5.11 Å². The molecule has 0 aliphatic rings. The van der Waals surface area contributed by atoms with Gasteiger partial charge in [-0.15, -0.1) is 11.6 Å². The van der Waals surface area contributed by atoms with Gasteiger partial charge in [0.2, 0.25) is 0 Å². The maximum absolute atomic E-state index is 8.58. The first-order valence-corrected chi connectivity index (χ1v) is 6.90. The van der Waals surface area contributed by atoms with Gasteiger partial charge in [-0.1, -0.05) is 13.1 Å². The van der Waals surface area contributed by atoms with E-state index >= 15 is 0 Å². The predicted molar refractivity (Wildman–Crippen MR) is 45.0 cm³/mol. The van der Waals surface area contributed by atoms with E-state index in [9.17, 15) is 0 Å². The molecule has 1 nitrogen and oxygen atoms in total. The van der Waals surface area contributed by atoms with Crippen LogP contribution in [0.5, 0.6) is 0 Å². The zero-order chi connectivity index (χ0) is 7.28. The van der Waals surface area contributed by atoms with Crippen molar-refractivity contribution >= 4 is 20.4 Å². The van der Waals surface area contributed by atoms with E-state index in [2.05, 4.69) is 13.1 Å². The Hall–Kier alpha value is 0.467. The molecule has 1 unspecified atom stereocenters. The van der Waals surface area contributed by atoms with Crippen molar-refractivity contribution in [3.8, 4) is 0 Å². The van der Waals surface area contributed by atoms with E-state index < -0.39 is 8.80 Å². The molecule has 0 saturated heterocycles. The second kappa shape index (κ2) is 5.27. The first-order valence-electron chi connectivity index (χ1n) is 3.39. The molecule has 3 heteroatoms. The highest BCUT2D eigenvalue weighted by Gasteiger charge is 2.11. The minimum Gasteiger partial charge on any atom is -0.396 e. The zero-order valence-corrected chi connectivity index (χ0v) is 8.01. The highest BCUT2D eigenvalue weighted by atomic mass is 35.5. The van der Waals surface area contributed by atoms with Crippen LogP contribution in [0.2, 0.25) is 18.6 Å². The first-order chi connectivity index (χ1) is 4.22. The molecule has 0 aromatic heterocycles. The fraction of sp³-hybridized carbons (Fsp3) is 1.00. The van der Waals surface area contributed by atoms with Crippen LogP contribution in [0.15, 0.2) is 0 Å². The monoisotopic (exact) mass is 166 g/mol. The van der Waals surface area contributed by atoms with Crippen molar-refractivity contribution in [1.82, 2.24) is 0 Å². The van der Waals surface area contributed by atoms with Crippen LogP contribution in [0.3, 0.4) is 0 Å². The Morgan fingerprint density at radius 3 is 2.22 bits per heavy atom. The van der Waals surface area contributed by atoms with Crippen LogP contribution in [0.4, 0.5) is 0 Å². The van der Waals surface area contributed by atoms with E-state index in [0.717, 1.165) is 12.3 Å². The van der Waals surface area contributed by atoms with Crippen molar-refractivity contribution in [3.63, 3.8) is 0 Å². The molecule has 0 aliphatic heterocycles. The number of aliphatic hydroxyl groups excluding tert-OH is 1. The molecule has 0 bridgehead atoms. The standard InChI is InChI=1S/C6H15ClOSi/c1-9(2)6(5-7)3-4-8/h6,8-9H,3-5H2,1-2H3. The lowest BCUT2D eigenvalue weighted by atomic mass is 10.3. The fourth-order valence-electron chi connectivity index (χ4n) is 0.754. The first kappa shape index (κ1) is 9.47. The molecule has 56 valence electrons. The van der Waals surface area contributed by atoms with Crippen LogP contribution in [-0.2, 0) is 0 Å². The quantitative estimate of drug-likeness (QED) is 0.496. The predicted octanol–water partition coefficient (Wildman–Crippen LogP) is 1.46. The second-order valence-corrected chi connectivity index (χ2v) is 6.41. The number of rotatable bonds is 4. The van der Waals surface area contributed by atoms with Crippen LogP contribution in [0.1, 0.15) is 6.42 Å². The summed E-state index contributed by atoms with van der Waals surface area (Å²) in [6.07, 6.45) is 0.896. The van der Waals surface area contributed by atoms with Gasteiger partial charge >= 0.3 is 0 Å². The van der Waals surface area contributed by atoms with Gasteiger partial charge in [-0.05, 0) is 12.0 Å². The van der Waals surface area contributed by atoms with Crippen molar-refractivity contribution in [2.24, 2.45) is 0 Å². The maximum atomic E-state index is 8.58. The molecule has 0 radical (unpaired) electrons. The summed E-state index contributed by atoms with van der Waals surface area (Å²) in [7, 11) is -0.595. The van der Waals surface area contributed by atoms with Crippen molar-refractivity contribution in [2.75, 3.05) is 12.5 Å². The average molecular weight is 167 g/mol. The maximum Gasteiger partial charge on any atom is 0.0431 e. The smallest absolute Gasteiger partial charge is 0.0431 e. The third-order valence-electron chi connectivity index (χ3n) is 1.64. The van der Waals surface area contributed by atoms with E-state index in [4.69, 9.17) is 16.7 Å². The molecule has 0 aromatic rings. The Morgan fingerprint density at radius 1 is 1.56 bits per heavy atom. The molecule has 0 spiro atoms. The van der Waals surface area contributed by atoms with E-state index in [1.807, 2.05) is 0 Å². The Morgan fingerprint density at radius 2 is 2.11 bits per heavy atom. The molecule has 0 amide bonds. The molecular formula is C6H15ClOSi. The minimum atomic E-state index is -0.595. The normalized spacial score (nSPS) is 14.3. The molecule has 9 heavy (non-hydrogen) atoms. The minimum absolute atomic E-state index is 0.294. The number of hydrogen-bond donors (Lipinski definition) is 1. The molecule has 0 saturated carbocycles. The summed E-state index contributed by atoms with van der Waals surface area (Å²) >= 11 is 5.66. The van der Waals surface area contributed by atoms with Gasteiger partial charge in [0, 0.05) is 21.3 Å². The van der Waals surface area contributed by atoms with Crippen molar-refractivity contribution in [3.05, 3.63) is 0 Å². The number of hydrogen-bond acceptors (Lipinski definition) is 1. The summed E-state index contributed by atoms with van der Waals surface area (Å²) in [6.45, 7) is 4.83. The van der Waals surface area contributed by atoms with Crippen LogP contribution < -0.4 is 0 Å².